The number of anilines is 1. The van der Waals surface area contributed by atoms with Gasteiger partial charge in [-0.3, -0.25) is 4.79 Å². The van der Waals surface area contributed by atoms with Crippen molar-refractivity contribution in [2.45, 2.75) is 0 Å². The third-order valence-electron chi connectivity index (χ3n) is 4.98. The van der Waals surface area contributed by atoms with Crippen molar-refractivity contribution in [1.29, 1.82) is 0 Å². The van der Waals surface area contributed by atoms with Gasteiger partial charge in [-0.25, -0.2) is 9.18 Å². The van der Waals surface area contributed by atoms with E-state index in [-0.39, 0.29) is 11.7 Å². The van der Waals surface area contributed by atoms with Crippen LogP contribution in [0.5, 0.6) is 0 Å². The molecule has 2 aliphatic heterocycles. The highest BCUT2D eigenvalue weighted by molar-refractivity contribution is 8.18. The van der Waals surface area contributed by atoms with E-state index in [9.17, 15) is 14.0 Å². The van der Waals surface area contributed by atoms with Crippen molar-refractivity contribution >= 4 is 40.6 Å². The molecule has 0 atom stereocenters. The van der Waals surface area contributed by atoms with E-state index in [1.165, 1.54) is 24.9 Å². The van der Waals surface area contributed by atoms with Gasteiger partial charge in [-0.2, -0.15) is 4.99 Å². The number of amides is 1. The minimum atomic E-state index is -0.402. The SMILES string of the molecule is COC(=O)c1ccc(/C=C2\SC(N3CCN(c4ccccc4F)CC3)=NC2=O)cc1. The molecule has 30 heavy (non-hydrogen) atoms. The number of carbonyl (C=O) groups is 2. The maximum Gasteiger partial charge on any atom is 0.337 e. The lowest BCUT2D eigenvalue weighted by molar-refractivity contribution is -0.113. The van der Waals surface area contributed by atoms with Gasteiger partial charge in [0.2, 0.25) is 0 Å². The van der Waals surface area contributed by atoms with E-state index in [0.717, 1.165) is 5.56 Å². The van der Waals surface area contributed by atoms with Crippen LogP contribution in [-0.2, 0) is 9.53 Å². The molecule has 4 rings (SSSR count). The van der Waals surface area contributed by atoms with Gasteiger partial charge < -0.3 is 14.5 Å². The average Bonchev–Trinajstić information content (AvgIpc) is 3.14. The number of thioether (sulfide) groups is 1. The fraction of sp³-hybridized carbons (Fsp3) is 0.227. The number of halogens is 1. The summed E-state index contributed by atoms with van der Waals surface area (Å²) >= 11 is 1.34. The fourth-order valence-corrected chi connectivity index (χ4v) is 4.33. The smallest absolute Gasteiger partial charge is 0.337 e. The van der Waals surface area contributed by atoms with Crippen molar-refractivity contribution in [2.75, 3.05) is 38.2 Å². The predicted octanol–water partition coefficient (Wildman–Crippen LogP) is 3.40. The lowest BCUT2D eigenvalue weighted by atomic mass is 10.1. The molecular weight excluding hydrogens is 405 g/mol. The highest BCUT2D eigenvalue weighted by Crippen LogP contribution is 2.31. The molecule has 2 aromatic carbocycles. The van der Waals surface area contributed by atoms with Gasteiger partial charge in [-0.1, -0.05) is 24.3 Å². The van der Waals surface area contributed by atoms with Crippen LogP contribution in [0.3, 0.4) is 0 Å². The Labute approximate surface area is 178 Å². The maximum atomic E-state index is 14.0. The number of aliphatic imine (C=N–C) groups is 1. The van der Waals surface area contributed by atoms with Crippen LogP contribution in [0.1, 0.15) is 15.9 Å². The van der Waals surface area contributed by atoms with Crippen molar-refractivity contribution in [3.63, 3.8) is 0 Å². The molecule has 0 radical (unpaired) electrons. The van der Waals surface area contributed by atoms with Crippen molar-refractivity contribution in [3.05, 3.63) is 70.4 Å². The molecule has 0 aliphatic carbocycles. The zero-order valence-electron chi connectivity index (χ0n) is 16.4. The Morgan fingerprint density at radius 2 is 1.73 bits per heavy atom. The van der Waals surface area contributed by atoms with E-state index in [2.05, 4.69) is 14.6 Å². The number of esters is 1. The molecule has 1 saturated heterocycles. The van der Waals surface area contributed by atoms with E-state index >= 15 is 0 Å². The number of methoxy groups -OCH3 is 1. The third kappa shape index (κ3) is 4.23. The first-order valence-corrected chi connectivity index (χ1v) is 10.3. The predicted molar refractivity (Wildman–Crippen MR) is 116 cm³/mol. The van der Waals surface area contributed by atoms with Gasteiger partial charge in [0.25, 0.3) is 5.91 Å². The number of rotatable bonds is 3. The van der Waals surface area contributed by atoms with Crippen LogP contribution in [0.15, 0.2) is 58.4 Å². The standard InChI is InChI=1S/C22H20FN3O3S/c1-29-21(28)16-8-6-15(7-9-16)14-19-20(27)24-22(30-19)26-12-10-25(11-13-26)18-5-3-2-4-17(18)23/h2-9,14H,10-13H2,1H3/b19-14-. The topological polar surface area (TPSA) is 62.2 Å². The van der Waals surface area contributed by atoms with Gasteiger partial charge in [-0.15, -0.1) is 0 Å². The van der Waals surface area contributed by atoms with E-state index in [1.54, 1.807) is 42.5 Å². The van der Waals surface area contributed by atoms with Gasteiger partial charge in [0, 0.05) is 26.2 Å². The number of hydrogen-bond donors (Lipinski definition) is 0. The Hall–Kier alpha value is -3.13. The normalized spacial score (nSPS) is 18.0. The molecule has 0 aromatic heterocycles. The molecule has 8 heteroatoms. The number of benzene rings is 2. The summed E-state index contributed by atoms with van der Waals surface area (Å²) in [4.78, 5) is 32.7. The Bertz CT molecular complexity index is 1030. The number of ether oxygens (including phenoxy) is 1. The van der Waals surface area contributed by atoms with E-state index in [4.69, 9.17) is 0 Å². The maximum absolute atomic E-state index is 14.0. The molecule has 0 saturated carbocycles. The van der Waals surface area contributed by atoms with Crippen molar-refractivity contribution in [1.82, 2.24) is 4.90 Å². The highest BCUT2D eigenvalue weighted by Gasteiger charge is 2.29. The van der Waals surface area contributed by atoms with Crippen LogP contribution >= 0.6 is 11.8 Å². The first-order valence-electron chi connectivity index (χ1n) is 9.50. The molecule has 2 heterocycles. The summed E-state index contributed by atoms with van der Waals surface area (Å²) in [7, 11) is 1.33. The summed E-state index contributed by atoms with van der Waals surface area (Å²) in [6, 6.07) is 13.6. The Morgan fingerprint density at radius 3 is 2.40 bits per heavy atom. The van der Waals surface area contributed by atoms with Gasteiger partial charge in [0.1, 0.15) is 5.82 Å². The zero-order valence-corrected chi connectivity index (χ0v) is 17.2. The largest absolute Gasteiger partial charge is 0.465 e. The molecule has 2 aliphatic rings. The average molecular weight is 425 g/mol. The summed E-state index contributed by atoms with van der Waals surface area (Å²) in [5, 5.41) is 0.672. The molecule has 1 amide bonds. The third-order valence-corrected chi connectivity index (χ3v) is 6.03. The van der Waals surface area contributed by atoms with Gasteiger partial charge in [-0.05, 0) is 47.7 Å². The first-order chi connectivity index (χ1) is 14.5. The van der Waals surface area contributed by atoms with E-state index in [0.29, 0.717) is 47.5 Å². The summed E-state index contributed by atoms with van der Waals surface area (Å²) in [6.07, 6.45) is 1.76. The first kappa shape index (κ1) is 20.2. The monoisotopic (exact) mass is 425 g/mol. The molecular formula is C22H20FN3O3S. The number of nitrogens with zero attached hydrogens (tertiary/aromatic N) is 3. The van der Waals surface area contributed by atoms with Crippen LogP contribution in [0, 0.1) is 5.82 Å². The molecule has 0 unspecified atom stereocenters. The summed E-state index contributed by atoms with van der Waals surface area (Å²) in [5.74, 6) is -0.901. The van der Waals surface area contributed by atoms with E-state index < -0.39 is 5.97 Å². The van der Waals surface area contributed by atoms with Crippen molar-refractivity contribution in [3.8, 4) is 0 Å². The quantitative estimate of drug-likeness (QED) is 0.555. The Kier molecular flexibility index (Phi) is 5.85. The highest BCUT2D eigenvalue weighted by atomic mass is 32.2. The lowest BCUT2D eigenvalue weighted by Gasteiger charge is -2.36. The number of hydrogen-bond acceptors (Lipinski definition) is 6. The zero-order chi connectivity index (χ0) is 21.1. The molecule has 2 aromatic rings. The lowest BCUT2D eigenvalue weighted by Crippen LogP contribution is -2.48. The minimum Gasteiger partial charge on any atom is -0.465 e. The molecule has 0 bridgehead atoms. The summed E-state index contributed by atoms with van der Waals surface area (Å²) in [6.45, 7) is 2.63. The van der Waals surface area contributed by atoms with Gasteiger partial charge in [0.15, 0.2) is 5.17 Å². The summed E-state index contributed by atoms with van der Waals surface area (Å²) in [5.41, 5.74) is 1.86. The van der Waals surface area contributed by atoms with Crippen LogP contribution in [0.2, 0.25) is 0 Å². The van der Waals surface area contributed by atoms with Crippen LogP contribution in [0.25, 0.3) is 6.08 Å². The van der Waals surface area contributed by atoms with Crippen LogP contribution in [-0.4, -0.2) is 55.2 Å². The summed E-state index contributed by atoms with van der Waals surface area (Å²) < 4.78 is 18.7. The van der Waals surface area contributed by atoms with E-state index in [1.807, 2.05) is 11.0 Å². The van der Waals surface area contributed by atoms with Gasteiger partial charge >= 0.3 is 5.97 Å². The van der Waals surface area contributed by atoms with Crippen LogP contribution < -0.4 is 4.90 Å². The van der Waals surface area contributed by atoms with Crippen molar-refractivity contribution < 1.29 is 18.7 Å². The second-order valence-corrected chi connectivity index (χ2v) is 7.86. The Balaban J connectivity index is 1.39. The fourth-order valence-electron chi connectivity index (χ4n) is 3.36. The Morgan fingerprint density at radius 1 is 1.07 bits per heavy atom. The minimum absolute atomic E-state index is 0.225. The molecule has 6 nitrogen and oxygen atoms in total. The second-order valence-electron chi connectivity index (χ2n) is 6.85. The van der Waals surface area contributed by atoms with Gasteiger partial charge in [0.05, 0.1) is 23.3 Å². The number of amidine groups is 1. The number of piperazine rings is 1. The second kappa shape index (κ2) is 8.71. The van der Waals surface area contributed by atoms with Crippen LogP contribution in [0.4, 0.5) is 10.1 Å². The molecule has 1 fully saturated rings. The van der Waals surface area contributed by atoms with Crippen molar-refractivity contribution in [2.24, 2.45) is 4.99 Å². The molecule has 0 spiro atoms. The molecule has 0 N–H and O–H groups in total. The number of para-hydroxylation sites is 1. The number of carbonyl (C=O) groups excluding carboxylic acids is 2. The molecule has 154 valence electrons.